The number of hydrogen-bond acceptors (Lipinski definition) is 2. The molecule has 84 valence electrons. The van der Waals surface area contributed by atoms with Crippen LogP contribution in [0, 0.1) is 11.8 Å². The van der Waals surface area contributed by atoms with Crippen molar-refractivity contribution in [2.45, 2.75) is 38.7 Å². The zero-order chi connectivity index (χ0) is 11.1. The van der Waals surface area contributed by atoms with Gasteiger partial charge in [-0.05, 0) is 37.2 Å². The zero-order valence-electron chi connectivity index (χ0n) is 9.77. The lowest BCUT2D eigenvalue weighted by molar-refractivity contribution is -0.0625. The Morgan fingerprint density at radius 1 is 1.53 bits per heavy atom. The fraction of sp³-hybridized carbons (Fsp3) is 0.750. The Hall–Kier alpha value is -0.830. The van der Waals surface area contributed by atoms with E-state index in [4.69, 9.17) is 0 Å². The van der Waals surface area contributed by atoms with Crippen molar-refractivity contribution in [1.82, 2.24) is 9.78 Å². The second-order valence-electron chi connectivity index (χ2n) is 5.08. The Bertz CT molecular complexity index is 347. The quantitative estimate of drug-likeness (QED) is 0.767. The van der Waals surface area contributed by atoms with E-state index < -0.39 is 5.60 Å². The van der Waals surface area contributed by atoms with Gasteiger partial charge in [0.1, 0.15) is 5.60 Å². The number of aromatic nitrogens is 2. The predicted octanol–water partition coefficient (Wildman–Crippen LogP) is 2.06. The molecule has 2 rings (SSSR count). The number of rotatable bonds is 1. The van der Waals surface area contributed by atoms with Crippen LogP contribution in [-0.2, 0) is 12.6 Å². The van der Waals surface area contributed by atoms with Gasteiger partial charge < -0.3 is 5.11 Å². The molecule has 3 atom stereocenters. The van der Waals surface area contributed by atoms with Crippen LogP contribution in [0.2, 0.25) is 0 Å². The molecule has 1 aromatic rings. The number of hydrogen-bond donors (Lipinski definition) is 1. The summed E-state index contributed by atoms with van der Waals surface area (Å²) >= 11 is 0. The first-order valence-electron chi connectivity index (χ1n) is 5.75. The van der Waals surface area contributed by atoms with Crippen molar-refractivity contribution in [1.29, 1.82) is 0 Å². The van der Waals surface area contributed by atoms with Crippen molar-refractivity contribution in [3.63, 3.8) is 0 Å². The molecule has 3 nitrogen and oxygen atoms in total. The average molecular weight is 208 g/mol. The second kappa shape index (κ2) is 3.63. The molecule has 1 fully saturated rings. The van der Waals surface area contributed by atoms with Gasteiger partial charge in [0.05, 0.1) is 5.69 Å². The van der Waals surface area contributed by atoms with Crippen LogP contribution in [-0.4, -0.2) is 14.9 Å². The normalized spacial score (nSPS) is 36.8. The van der Waals surface area contributed by atoms with Crippen LogP contribution >= 0.6 is 0 Å². The monoisotopic (exact) mass is 208 g/mol. The molecular weight excluding hydrogens is 188 g/mol. The zero-order valence-corrected chi connectivity index (χ0v) is 9.77. The summed E-state index contributed by atoms with van der Waals surface area (Å²) in [6, 6.07) is 1.94. The van der Waals surface area contributed by atoms with Crippen molar-refractivity contribution >= 4 is 0 Å². The summed E-state index contributed by atoms with van der Waals surface area (Å²) in [5.74, 6) is 1.03. The molecule has 0 aliphatic heterocycles. The molecule has 0 radical (unpaired) electrons. The van der Waals surface area contributed by atoms with Crippen LogP contribution in [0.15, 0.2) is 12.3 Å². The summed E-state index contributed by atoms with van der Waals surface area (Å²) in [4.78, 5) is 0. The molecular formula is C12H20N2O. The van der Waals surface area contributed by atoms with Crippen LogP contribution in [0.4, 0.5) is 0 Å². The summed E-state index contributed by atoms with van der Waals surface area (Å²) in [5, 5.41) is 15.0. The molecule has 1 heterocycles. The molecule has 3 unspecified atom stereocenters. The van der Waals surface area contributed by atoms with E-state index in [1.807, 2.05) is 19.3 Å². The van der Waals surface area contributed by atoms with Crippen LogP contribution < -0.4 is 0 Å². The SMILES string of the molecule is CC1CCC(O)(c2ccn(C)n2)C(C)C1. The highest BCUT2D eigenvalue weighted by Crippen LogP contribution is 2.42. The van der Waals surface area contributed by atoms with E-state index >= 15 is 0 Å². The Balaban J connectivity index is 2.26. The highest BCUT2D eigenvalue weighted by atomic mass is 16.3. The maximum Gasteiger partial charge on any atom is 0.111 e. The molecule has 1 aliphatic rings. The van der Waals surface area contributed by atoms with E-state index in [2.05, 4.69) is 18.9 Å². The van der Waals surface area contributed by atoms with Gasteiger partial charge in [0.25, 0.3) is 0 Å². The smallest absolute Gasteiger partial charge is 0.111 e. The maximum atomic E-state index is 10.7. The van der Waals surface area contributed by atoms with Crippen LogP contribution in [0.3, 0.4) is 0 Å². The third-order valence-corrected chi connectivity index (χ3v) is 3.75. The fourth-order valence-corrected chi connectivity index (χ4v) is 2.66. The summed E-state index contributed by atoms with van der Waals surface area (Å²) in [6.45, 7) is 4.39. The van der Waals surface area contributed by atoms with Gasteiger partial charge in [-0.2, -0.15) is 5.10 Å². The average Bonchev–Trinajstić information content (AvgIpc) is 2.60. The van der Waals surface area contributed by atoms with Gasteiger partial charge in [0, 0.05) is 13.2 Å². The Morgan fingerprint density at radius 2 is 2.27 bits per heavy atom. The van der Waals surface area contributed by atoms with E-state index in [1.165, 1.54) is 0 Å². The Labute approximate surface area is 91.1 Å². The molecule has 1 aromatic heterocycles. The van der Waals surface area contributed by atoms with Gasteiger partial charge in [-0.15, -0.1) is 0 Å². The van der Waals surface area contributed by atoms with E-state index in [9.17, 15) is 5.11 Å². The molecule has 0 aromatic carbocycles. The van der Waals surface area contributed by atoms with Crippen molar-refractivity contribution in [3.05, 3.63) is 18.0 Å². The Morgan fingerprint density at radius 3 is 2.80 bits per heavy atom. The minimum atomic E-state index is -0.701. The van der Waals surface area contributed by atoms with Gasteiger partial charge in [-0.1, -0.05) is 13.8 Å². The van der Waals surface area contributed by atoms with Crippen LogP contribution in [0.1, 0.15) is 38.8 Å². The summed E-state index contributed by atoms with van der Waals surface area (Å²) in [6.07, 6.45) is 4.93. The van der Waals surface area contributed by atoms with E-state index in [0.717, 1.165) is 30.9 Å². The number of nitrogens with zero attached hydrogens (tertiary/aromatic N) is 2. The molecule has 1 aliphatic carbocycles. The molecule has 0 spiro atoms. The topological polar surface area (TPSA) is 38.0 Å². The summed E-state index contributed by atoms with van der Waals surface area (Å²) in [7, 11) is 1.89. The first-order valence-corrected chi connectivity index (χ1v) is 5.75. The molecule has 3 heteroatoms. The standard InChI is InChI=1S/C12H20N2O/c1-9-4-6-12(15,10(2)8-9)11-5-7-14(3)13-11/h5,7,9-10,15H,4,6,8H2,1-3H3. The first kappa shape index (κ1) is 10.7. The lowest BCUT2D eigenvalue weighted by Crippen LogP contribution is -2.39. The predicted molar refractivity (Wildman–Crippen MR) is 59.3 cm³/mol. The third-order valence-electron chi connectivity index (χ3n) is 3.75. The highest BCUT2D eigenvalue weighted by Gasteiger charge is 2.41. The van der Waals surface area contributed by atoms with Crippen molar-refractivity contribution in [2.75, 3.05) is 0 Å². The highest BCUT2D eigenvalue weighted by molar-refractivity contribution is 5.13. The molecule has 0 amide bonds. The molecule has 15 heavy (non-hydrogen) atoms. The fourth-order valence-electron chi connectivity index (χ4n) is 2.66. The number of aryl methyl sites for hydroxylation is 1. The maximum absolute atomic E-state index is 10.7. The molecule has 0 saturated heterocycles. The molecule has 0 bridgehead atoms. The minimum absolute atomic E-state index is 0.302. The van der Waals surface area contributed by atoms with Gasteiger partial charge in [0.15, 0.2) is 0 Å². The first-order chi connectivity index (χ1) is 7.02. The summed E-state index contributed by atoms with van der Waals surface area (Å²) < 4.78 is 1.76. The van der Waals surface area contributed by atoms with E-state index in [-0.39, 0.29) is 0 Å². The van der Waals surface area contributed by atoms with Crippen LogP contribution in [0.5, 0.6) is 0 Å². The minimum Gasteiger partial charge on any atom is -0.383 e. The second-order valence-corrected chi connectivity index (χ2v) is 5.08. The molecule has 1 N–H and O–H groups in total. The third kappa shape index (κ3) is 1.81. The Kier molecular flexibility index (Phi) is 2.59. The largest absolute Gasteiger partial charge is 0.383 e. The van der Waals surface area contributed by atoms with Crippen molar-refractivity contribution in [2.24, 2.45) is 18.9 Å². The van der Waals surface area contributed by atoms with Gasteiger partial charge >= 0.3 is 0 Å². The van der Waals surface area contributed by atoms with Crippen molar-refractivity contribution < 1.29 is 5.11 Å². The lowest BCUT2D eigenvalue weighted by atomic mass is 9.71. The van der Waals surface area contributed by atoms with E-state index in [1.54, 1.807) is 4.68 Å². The lowest BCUT2D eigenvalue weighted by Gasteiger charge is -2.39. The van der Waals surface area contributed by atoms with Gasteiger partial charge in [-0.3, -0.25) is 4.68 Å². The van der Waals surface area contributed by atoms with Crippen LogP contribution in [0.25, 0.3) is 0 Å². The van der Waals surface area contributed by atoms with E-state index in [0.29, 0.717) is 5.92 Å². The van der Waals surface area contributed by atoms with Crippen molar-refractivity contribution in [3.8, 4) is 0 Å². The van der Waals surface area contributed by atoms with Gasteiger partial charge in [-0.25, -0.2) is 0 Å². The van der Waals surface area contributed by atoms with Gasteiger partial charge in [0.2, 0.25) is 0 Å². The number of aliphatic hydroxyl groups is 1. The summed E-state index contributed by atoms with van der Waals surface area (Å²) in [5.41, 5.74) is 0.137. The molecule has 1 saturated carbocycles.